The highest BCUT2D eigenvalue weighted by molar-refractivity contribution is 8.23. The summed E-state index contributed by atoms with van der Waals surface area (Å²) in [6.07, 6.45) is -2.48. The molecule has 126 valence electrons. The monoisotopic (exact) mass is 382 g/mol. The minimum atomic E-state index is -4.59. The van der Waals surface area contributed by atoms with E-state index in [1.807, 2.05) is 4.90 Å². The minimum absolute atomic E-state index is 0.0577. The van der Waals surface area contributed by atoms with Crippen LogP contribution in [0.15, 0.2) is 18.2 Å². The Morgan fingerprint density at radius 1 is 1.35 bits per heavy atom. The number of hydrogen-bond donors (Lipinski definition) is 1. The second-order valence-corrected chi connectivity index (χ2v) is 6.97. The van der Waals surface area contributed by atoms with Gasteiger partial charge in [-0.15, -0.1) is 0 Å². The number of anilines is 1. The van der Waals surface area contributed by atoms with Crippen molar-refractivity contribution < 1.29 is 18.0 Å². The first kappa shape index (κ1) is 18.4. The average Bonchev–Trinajstić information content (AvgIpc) is 3.00. The van der Waals surface area contributed by atoms with Crippen molar-refractivity contribution in [1.82, 2.24) is 4.90 Å². The second-order valence-electron chi connectivity index (χ2n) is 4.96. The Morgan fingerprint density at radius 2 is 2.00 bits per heavy atom. The molecule has 1 saturated heterocycles. The van der Waals surface area contributed by atoms with Gasteiger partial charge in [-0.25, -0.2) is 0 Å². The number of nitrogens with zero attached hydrogens (tertiary/aromatic N) is 1. The van der Waals surface area contributed by atoms with Crippen LogP contribution in [0.1, 0.15) is 18.4 Å². The normalized spacial score (nSPS) is 14.9. The van der Waals surface area contributed by atoms with Crippen LogP contribution >= 0.6 is 35.6 Å². The maximum atomic E-state index is 13.0. The van der Waals surface area contributed by atoms with Crippen molar-refractivity contribution in [2.24, 2.45) is 0 Å². The number of benzene rings is 1. The molecule has 0 aromatic heterocycles. The molecule has 0 saturated carbocycles. The van der Waals surface area contributed by atoms with Crippen molar-refractivity contribution in [2.75, 3.05) is 24.2 Å². The molecule has 2 rings (SSSR count). The number of hydrogen-bond acceptors (Lipinski definition) is 3. The molecule has 1 fully saturated rings. The molecule has 1 amide bonds. The van der Waals surface area contributed by atoms with Crippen LogP contribution in [0.3, 0.4) is 0 Å². The number of thioether (sulfide) groups is 1. The van der Waals surface area contributed by atoms with Crippen molar-refractivity contribution in [3.63, 3.8) is 0 Å². The molecule has 1 aromatic rings. The highest BCUT2D eigenvalue weighted by Gasteiger charge is 2.34. The fourth-order valence-corrected chi connectivity index (χ4v) is 3.45. The van der Waals surface area contributed by atoms with E-state index in [0.29, 0.717) is 4.32 Å². The number of nitrogens with one attached hydrogen (secondary N) is 1. The van der Waals surface area contributed by atoms with Gasteiger partial charge in [0.15, 0.2) is 0 Å². The van der Waals surface area contributed by atoms with Gasteiger partial charge in [-0.2, -0.15) is 13.2 Å². The van der Waals surface area contributed by atoms with Gasteiger partial charge in [-0.05, 0) is 25.0 Å². The molecule has 23 heavy (non-hydrogen) atoms. The highest BCUT2D eigenvalue weighted by atomic mass is 35.5. The summed E-state index contributed by atoms with van der Waals surface area (Å²) in [7, 11) is 0. The molecule has 0 bridgehead atoms. The summed E-state index contributed by atoms with van der Waals surface area (Å²) in [5, 5.41) is 2.09. The molecule has 1 aliphatic rings. The number of halogens is 4. The lowest BCUT2D eigenvalue weighted by molar-refractivity contribution is -0.137. The molecule has 0 radical (unpaired) electrons. The fraction of sp³-hybridized carbons (Fsp3) is 0.429. The first-order valence-corrected chi connectivity index (χ1v) is 8.63. The van der Waals surface area contributed by atoms with Gasteiger partial charge in [0.05, 0.1) is 22.0 Å². The Hall–Kier alpha value is -0.990. The van der Waals surface area contributed by atoms with Crippen LogP contribution in [0.25, 0.3) is 0 Å². The summed E-state index contributed by atoms with van der Waals surface area (Å²) >= 11 is 12.1. The Labute approximate surface area is 146 Å². The average molecular weight is 383 g/mol. The van der Waals surface area contributed by atoms with Gasteiger partial charge in [0.2, 0.25) is 5.91 Å². The number of likely N-dealkylation sites (tertiary alicyclic amines) is 1. The smallest absolute Gasteiger partial charge is 0.358 e. The van der Waals surface area contributed by atoms with Crippen LogP contribution < -0.4 is 5.32 Å². The van der Waals surface area contributed by atoms with E-state index in [9.17, 15) is 18.0 Å². The summed E-state index contributed by atoms with van der Waals surface area (Å²) in [5.41, 5.74) is -1.38. The number of alkyl halides is 3. The fourth-order valence-electron chi connectivity index (χ4n) is 2.18. The van der Waals surface area contributed by atoms with Gasteiger partial charge in [0.25, 0.3) is 0 Å². The Kier molecular flexibility index (Phi) is 6.16. The van der Waals surface area contributed by atoms with E-state index >= 15 is 0 Å². The van der Waals surface area contributed by atoms with Crippen LogP contribution in [-0.2, 0) is 11.0 Å². The molecule has 0 aliphatic carbocycles. The Balaban J connectivity index is 1.99. The molecule has 9 heteroatoms. The topological polar surface area (TPSA) is 32.3 Å². The van der Waals surface area contributed by atoms with Crippen molar-refractivity contribution in [2.45, 2.75) is 19.0 Å². The predicted molar refractivity (Wildman–Crippen MR) is 90.9 cm³/mol. The number of carbonyl (C=O) groups is 1. The molecule has 0 unspecified atom stereocenters. The molecule has 1 heterocycles. The lowest BCUT2D eigenvalue weighted by Crippen LogP contribution is -2.25. The molecule has 0 atom stereocenters. The van der Waals surface area contributed by atoms with E-state index in [1.165, 1.54) is 12.1 Å². The van der Waals surface area contributed by atoms with Crippen molar-refractivity contribution in [3.05, 3.63) is 28.8 Å². The first-order valence-electron chi connectivity index (χ1n) is 6.86. The summed E-state index contributed by atoms with van der Waals surface area (Å²) in [5.74, 6) is -0.632. The number of para-hydroxylation sites is 1. The Bertz CT molecular complexity index is 604. The van der Waals surface area contributed by atoms with Gasteiger partial charge in [0, 0.05) is 13.1 Å². The zero-order valence-corrected chi connectivity index (χ0v) is 14.3. The molecule has 1 N–H and O–H groups in total. The minimum Gasteiger partial charge on any atom is -0.358 e. The van der Waals surface area contributed by atoms with Gasteiger partial charge < -0.3 is 10.2 Å². The summed E-state index contributed by atoms with van der Waals surface area (Å²) in [6, 6.07) is 3.37. The van der Waals surface area contributed by atoms with E-state index in [2.05, 4.69) is 5.32 Å². The summed E-state index contributed by atoms with van der Waals surface area (Å²) in [4.78, 5) is 13.9. The zero-order chi connectivity index (χ0) is 17.0. The quantitative estimate of drug-likeness (QED) is 0.785. The van der Waals surface area contributed by atoms with Crippen LogP contribution in [-0.4, -0.2) is 34.0 Å². The number of thiocarbonyl (C=S) groups is 1. The number of amides is 1. The van der Waals surface area contributed by atoms with Crippen LogP contribution in [0.5, 0.6) is 0 Å². The molecule has 0 spiro atoms. The standard InChI is InChI=1S/C14H14ClF3N2OS2/c15-10-5-3-4-9(14(16,17)18)12(10)19-11(21)8-23-13(22)20-6-1-2-7-20/h3-5H,1-2,6-8H2,(H,19,21). The maximum absolute atomic E-state index is 13.0. The Morgan fingerprint density at radius 3 is 2.61 bits per heavy atom. The summed E-state index contributed by atoms with van der Waals surface area (Å²) in [6.45, 7) is 1.71. The van der Waals surface area contributed by atoms with Crippen LogP contribution in [0, 0.1) is 0 Å². The molecular weight excluding hydrogens is 369 g/mol. The van der Waals surface area contributed by atoms with E-state index < -0.39 is 23.3 Å². The van der Waals surface area contributed by atoms with Gasteiger partial charge in [-0.1, -0.05) is 41.6 Å². The molecule has 3 nitrogen and oxygen atoms in total. The van der Waals surface area contributed by atoms with E-state index in [4.69, 9.17) is 23.8 Å². The molecule has 1 aromatic carbocycles. The summed E-state index contributed by atoms with van der Waals surface area (Å²) < 4.78 is 39.5. The van der Waals surface area contributed by atoms with Crippen LogP contribution in [0.4, 0.5) is 18.9 Å². The SMILES string of the molecule is O=C(CSC(=S)N1CCCC1)Nc1c(Cl)cccc1C(F)(F)F. The number of rotatable bonds is 3. The van der Waals surface area contributed by atoms with E-state index in [1.54, 1.807) is 0 Å². The van der Waals surface area contributed by atoms with Gasteiger partial charge >= 0.3 is 6.18 Å². The van der Waals surface area contributed by atoms with Gasteiger partial charge in [-0.3, -0.25) is 4.79 Å². The second kappa shape index (κ2) is 7.72. The van der Waals surface area contributed by atoms with E-state index in [0.717, 1.165) is 43.8 Å². The van der Waals surface area contributed by atoms with E-state index in [-0.39, 0.29) is 10.8 Å². The lowest BCUT2D eigenvalue weighted by Gasteiger charge is -2.18. The van der Waals surface area contributed by atoms with Crippen LogP contribution in [0.2, 0.25) is 5.02 Å². The third kappa shape index (κ3) is 4.99. The number of carbonyl (C=O) groups excluding carboxylic acids is 1. The third-order valence-electron chi connectivity index (χ3n) is 3.27. The first-order chi connectivity index (χ1) is 10.8. The highest BCUT2D eigenvalue weighted by Crippen LogP contribution is 2.38. The zero-order valence-electron chi connectivity index (χ0n) is 12.0. The molecule has 1 aliphatic heterocycles. The van der Waals surface area contributed by atoms with Gasteiger partial charge in [0.1, 0.15) is 4.32 Å². The largest absolute Gasteiger partial charge is 0.418 e. The van der Waals surface area contributed by atoms with Crippen molar-refractivity contribution >= 4 is 51.5 Å². The van der Waals surface area contributed by atoms with Crippen molar-refractivity contribution in [1.29, 1.82) is 0 Å². The maximum Gasteiger partial charge on any atom is 0.418 e. The lowest BCUT2D eigenvalue weighted by atomic mass is 10.1. The third-order valence-corrected chi connectivity index (χ3v) is 5.11. The van der Waals surface area contributed by atoms with Crippen molar-refractivity contribution in [3.8, 4) is 0 Å². The predicted octanol–water partition coefficient (Wildman–Crippen LogP) is 4.41. The molecular formula is C14H14ClF3N2OS2.